The molecule has 0 bridgehead atoms. The molecule has 0 aliphatic heterocycles. The molecule has 0 spiro atoms. The first-order valence-electron chi connectivity index (χ1n) is 12.7. The van der Waals surface area contributed by atoms with Gasteiger partial charge < -0.3 is 29.0 Å². The first-order valence-corrected chi connectivity index (χ1v) is 12.7. The zero-order valence-electron chi connectivity index (χ0n) is 21.0. The number of aliphatic hydroxyl groups excluding tert-OH is 1. The molecule has 11 nitrogen and oxygen atoms in total. The van der Waals surface area contributed by atoms with Crippen LogP contribution in [0.25, 0.3) is 16.7 Å². The summed E-state index contributed by atoms with van der Waals surface area (Å²) >= 11 is 0. The lowest BCUT2D eigenvalue weighted by Crippen LogP contribution is -2.37. The lowest BCUT2D eigenvalue weighted by Gasteiger charge is -2.33. The second-order valence-corrected chi connectivity index (χ2v) is 10.0. The molecule has 0 aromatic carbocycles. The molecule has 11 heteroatoms. The third kappa shape index (κ3) is 3.69. The predicted molar refractivity (Wildman–Crippen MR) is 141 cm³/mol. The van der Waals surface area contributed by atoms with Gasteiger partial charge in [-0.05, 0) is 55.4 Å². The Bertz CT molecular complexity index is 1740. The molecule has 0 saturated heterocycles. The Morgan fingerprint density at radius 1 is 1.16 bits per heavy atom. The van der Waals surface area contributed by atoms with Gasteiger partial charge in [-0.15, -0.1) is 0 Å². The van der Waals surface area contributed by atoms with E-state index in [1.807, 2.05) is 48.3 Å². The maximum Gasteiger partial charge on any atom is 0.274 e. The third-order valence-electron chi connectivity index (χ3n) is 7.48. The summed E-state index contributed by atoms with van der Waals surface area (Å²) < 4.78 is 17.2. The van der Waals surface area contributed by atoms with Crippen LogP contribution < -0.4 is 20.3 Å². The van der Waals surface area contributed by atoms with Gasteiger partial charge in [0, 0.05) is 25.5 Å². The van der Waals surface area contributed by atoms with Gasteiger partial charge in [0.25, 0.3) is 5.56 Å². The molecule has 5 heterocycles. The van der Waals surface area contributed by atoms with E-state index < -0.39 is 0 Å². The average molecular weight is 514 g/mol. The van der Waals surface area contributed by atoms with E-state index in [2.05, 4.69) is 20.4 Å². The quantitative estimate of drug-likeness (QED) is 0.336. The smallest absolute Gasteiger partial charge is 0.274 e. The van der Waals surface area contributed by atoms with Crippen LogP contribution in [0.5, 0.6) is 17.2 Å². The van der Waals surface area contributed by atoms with Crippen LogP contribution in [-0.2, 0) is 7.05 Å². The van der Waals surface area contributed by atoms with Crippen molar-refractivity contribution in [3.8, 4) is 17.2 Å². The molecular weight excluding hydrogens is 486 g/mol. The van der Waals surface area contributed by atoms with Gasteiger partial charge in [-0.2, -0.15) is 10.1 Å². The number of fused-ring (bicyclic) bond motifs is 2. The number of aromatic nitrogens is 6. The predicted octanol–water partition coefficient (Wildman–Crippen LogP) is 3.90. The maximum atomic E-state index is 13.4. The van der Waals surface area contributed by atoms with Crippen LogP contribution in [0.3, 0.4) is 0 Å². The van der Waals surface area contributed by atoms with Crippen molar-refractivity contribution in [3.05, 3.63) is 65.0 Å². The number of ether oxygens (including phenoxy) is 2. The molecule has 7 rings (SSSR count). The van der Waals surface area contributed by atoms with Crippen LogP contribution in [0.1, 0.15) is 43.2 Å². The van der Waals surface area contributed by atoms with Gasteiger partial charge in [-0.25, -0.2) is 9.50 Å². The first-order chi connectivity index (χ1) is 18.5. The Hall–Kier alpha value is -4.38. The molecule has 5 aromatic rings. The van der Waals surface area contributed by atoms with E-state index in [1.165, 1.54) is 0 Å². The van der Waals surface area contributed by atoms with E-state index >= 15 is 0 Å². The van der Waals surface area contributed by atoms with E-state index in [0.717, 1.165) is 23.9 Å². The maximum absolute atomic E-state index is 13.4. The fourth-order valence-corrected chi connectivity index (χ4v) is 5.14. The number of hydrogen-bond donors (Lipinski definition) is 2. The SMILES string of the molecule is COc1c(Oc2cnn3ccccc23)cnc2nc(Nc3cc(C4CC4)cn([C@H]4C[C@@H](O)C4)c3=O)n(C)c12. The molecule has 2 aliphatic carbocycles. The number of nitrogens with zero attached hydrogens (tertiary/aromatic N) is 6. The molecule has 0 amide bonds. The van der Waals surface area contributed by atoms with Crippen LogP contribution in [0.2, 0.25) is 0 Å². The number of pyridine rings is 3. The number of aliphatic hydroxyl groups is 1. The van der Waals surface area contributed by atoms with Gasteiger partial charge in [-0.3, -0.25) is 4.79 Å². The standard InChI is InChI=1S/C27H27N7O4/c1-32-23-24(37-2)22(38-21-13-29-34-8-4-3-5-20(21)34)12-28-25(23)31-27(32)30-19-9-16(15-6-7-15)14-33(26(19)36)17-10-18(35)11-17/h3-5,8-9,12-15,17-18,35H,6-7,10-11H2,1-2H3,(H,28,30,31)/t17-,18+. The molecule has 0 radical (unpaired) electrons. The Balaban J connectivity index is 1.27. The van der Waals surface area contributed by atoms with Crippen LogP contribution in [0.15, 0.2) is 53.8 Å². The average Bonchev–Trinajstić information content (AvgIpc) is 3.61. The number of hydrogen-bond acceptors (Lipinski definition) is 8. The minimum atomic E-state index is -0.344. The highest BCUT2D eigenvalue weighted by Crippen LogP contribution is 2.42. The minimum absolute atomic E-state index is 0.0126. The Morgan fingerprint density at radius 3 is 2.76 bits per heavy atom. The Labute approximate surface area is 217 Å². The molecule has 194 valence electrons. The monoisotopic (exact) mass is 513 g/mol. The van der Waals surface area contributed by atoms with Crippen LogP contribution in [0.4, 0.5) is 11.6 Å². The van der Waals surface area contributed by atoms with E-state index in [-0.39, 0.29) is 17.7 Å². The van der Waals surface area contributed by atoms with Gasteiger partial charge in [0.1, 0.15) is 16.7 Å². The van der Waals surface area contributed by atoms with Crippen LogP contribution in [0, 0.1) is 0 Å². The summed E-state index contributed by atoms with van der Waals surface area (Å²) in [6.45, 7) is 0. The summed E-state index contributed by atoms with van der Waals surface area (Å²) in [6, 6.07) is 7.67. The normalized spacial score (nSPS) is 19.0. The van der Waals surface area contributed by atoms with Gasteiger partial charge in [0.15, 0.2) is 22.9 Å². The van der Waals surface area contributed by atoms with Crippen molar-refractivity contribution in [2.45, 2.75) is 43.7 Å². The summed E-state index contributed by atoms with van der Waals surface area (Å²) in [4.78, 5) is 22.6. The molecule has 2 aliphatic rings. The van der Waals surface area contributed by atoms with Gasteiger partial charge in [-0.1, -0.05) is 6.07 Å². The molecule has 2 N–H and O–H groups in total. The number of rotatable bonds is 7. The summed E-state index contributed by atoms with van der Waals surface area (Å²) in [5.41, 5.74) is 3.36. The van der Waals surface area contributed by atoms with E-state index in [1.54, 1.807) is 28.6 Å². The van der Waals surface area contributed by atoms with E-state index in [0.29, 0.717) is 58.8 Å². The molecule has 0 unspecified atom stereocenters. The molecular formula is C27H27N7O4. The number of aryl methyl sites for hydroxylation is 1. The number of imidazole rings is 1. The summed E-state index contributed by atoms with van der Waals surface area (Å²) in [7, 11) is 3.41. The summed E-state index contributed by atoms with van der Waals surface area (Å²) in [5.74, 6) is 2.40. The zero-order valence-corrected chi connectivity index (χ0v) is 21.0. The fraction of sp³-hybridized carbons (Fsp3) is 0.333. The minimum Gasteiger partial charge on any atom is -0.491 e. The molecule has 2 saturated carbocycles. The van der Waals surface area contributed by atoms with Crippen LogP contribution >= 0.6 is 0 Å². The topological polar surface area (TPSA) is 121 Å². The fourth-order valence-electron chi connectivity index (χ4n) is 5.14. The van der Waals surface area contributed by atoms with Gasteiger partial charge in [0.2, 0.25) is 5.95 Å². The zero-order chi connectivity index (χ0) is 26.0. The van der Waals surface area contributed by atoms with Crippen molar-refractivity contribution < 1.29 is 14.6 Å². The highest BCUT2D eigenvalue weighted by Gasteiger charge is 2.32. The van der Waals surface area contributed by atoms with Crippen molar-refractivity contribution in [2.75, 3.05) is 12.4 Å². The number of nitrogens with one attached hydrogen (secondary N) is 1. The van der Waals surface area contributed by atoms with Crippen molar-refractivity contribution in [2.24, 2.45) is 7.05 Å². The molecule has 0 atom stereocenters. The van der Waals surface area contributed by atoms with E-state index in [9.17, 15) is 9.90 Å². The van der Waals surface area contributed by atoms with Crippen LogP contribution in [-0.4, -0.2) is 47.0 Å². The van der Waals surface area contributed by atoms with Gasteiger partial charge >= 0.3 is 0 Å². The molecule has 5 aromatic heterocycles. The largest absolute Gasteiger partial charge is 0.491 e. The molecule has 2 fully saturated rings. The lowest BCUT2D eigenvalue weighted by molar-refractivity contribution is 0.0471. The highest BCUT2D eigenvalue weighted by atomic mass is 16.5. The Kier molecular flexibility index (Phi) is 5.15. The van der Waals surface area contributed by atoms with Crippen molar-refractivity contribution >= 4 is 28.3 Å². The lowest BCUT2D eigenvalue weighted by atomic mass is 9.89. The van der Waals surface area contributed by atoms with Crippen molar-refractivity contribution in [1.82, 2.24) is 28.7 Å². The Morgan fingerprint density at radius 2 is 2.00 bits per heavy atom. The second kappa shape index (κ2) is 8.59. The highest BCUT2D eigenvalue weighted by molar-refractivity contribution is 5.85. The second-order valence-electron chi connectivity index (χ2n) is 10.0. The number of anilines is 2. The number of methoxy groups -OCH3 is 1. The van der Waals surface area contributed by atoms with Gasteiger partial charge in [0.05, 0.1) is 25.6 Å². The van der Waals surface area contributed by atoms with Crippen molar-refractivity contribution in [3.63, 3.8) is 0 Å². The van der Waals surface area contributed by atoms with E-state index in [4.69, 9.17) is 9.47 Å². The third-order valence-corrected chi connectivity index (χ3v) is 7.48. The molecule has 38 heavy (non-hydrogen) atoms. The first kappa shape index (κ1) is 22.8. The van der Waals surface area contributed by atoms with Crippen molar-refractivity contribution in [1.29, 1.82) is 0 Å². The summed E-state index contributed by atoms with van der Waals surface area (Å²) in [5, 5.41) is 17.4. The summed E-state index contributed by atoms with van der Waals surface area (Å²) in [6.07, 6.45) is 10.1.